The van der Waals surface area contributed by atoms with Gasteiger partial charge in [0.05, 0.1) is 0 Å². The molecule has 210 valence electrons. The fraction of sp³-hybridized carbons (Fsp3) is 0.214. The molecule has 3 aromatic rings. The van der Waals surface area contributed by atoms with Gasteiger partial charge >= 0.3 is 12.0 Å². The second-order valence-corrected chi connectivity index (χ2v) is 9.81. The normalized spacial score (nSPS) is 12.2. The SMILES string of the molecule is CC(=O)N(C(=O)Nc1ccc(-c2ccccc2)cc1)[C@](CCCN=C(N)N)(NCc1cc(Cl)cc(Cl)c1)C(=O)O. The number of urea groups is 1. The number of hydrogen-bond acceptors (Lipinski definition) is 5. The molecule has 10 nitrogen and oxygen atoms in total. The van der Waals surface area contributed by atoms with Gasteiger partial charge in [0.1, 0.15) is 0 Å². The molecular formula is C28H30Cl2N6O4. The van der Waals surface area contributed by atoms with Gasteiger partial charge < -0.3 is 21.9 Å². The molecule has 1 atom stereocenters. The number of aliphatic imine (C=N–C) groups is 1. The van der Waals surface area contributed by atoms with Crippen LogP contribution in [-0.4, -0.2) is 46.1 Å². The first kappa shape index (κ1) is 30.4. The van der Waals surface area contributed by atoms with Crippen LogP contribution in [0.2, 0.25) is 10.0 Å². The van der Waals surface area contributed by atoms with Crippen LogP contribution < -0.4 is 22.1 Å². The summed E-state index contributed by atoms with van der Waals surface area (Å²) in [6, 6.07) is 20.4. The molecule has 0 radical (unpaired) electrons. The Balaban J connectivity index is 1.92. The van der Waals surface area contributed by atoms with Gasteiger partial charge in [-0.05, 0) is 59.9 Å². The molecule has 0 spiro atoms. The van der Waals surface area contributed by atoms with Crippen molar-refractivity contribution in [3.8, 4) is 11.1 Å². The lowest BCUT2D eigenvalue weighted by molar-refractivity contribution is -0.158. The number of benzene rings is 3. The van der Waals surface area contributed by atoms with Crippen LogP contribution in [0.4, 0.5) is 10.5 Å². The van der Waals surface area contributed by atoms with Crippen LogP contribution in [0.25, 0.3) is 11.1 Å². The fourth-order valence-electron chi connectivity index (χ4n) is 4.20. The summed E-state index contributed by atoms with van der Waals surface area (Å²) in [5.41, 5.74) is 11.5. The highest BCUT2D eigenvalue weighted by Gasteiger charge is 2.48. The Morgan fingerprint density at radius 2 is 1.55 bits per heavy atom. The van der Waals surface area contributed by atoms with E-state index in [9.17, 15) is 19.5 Å². The molecule has 0 aromatic heterocycles. The molecule has 0 unspecified atom stereocenters. The maximum absolute atomic E-state index is 13.5. The standard InChI is InChI=1S/C28H30Cl2N6O4/c1-18(37)36(27(40)35-24-10-8-21(9-11-24)20-6-3-2-4-7-20)28(25(38)39,12-5-13-33-26(31)32)34-17-19-14-22(29)16-23(30)15-19/h2-4,6-11,14-16,34H,5,12-13,17H2,1H3,(H,35,40)(H,38,39)(H4,31,32,33)/t28-/m0/s1. The number of aliphatic carboxylic acids is 1. The number of hydrogen-bond donors (Lipinski definition) is 5. The first-order chi connectivity index (χ1) is 19.0. The number of halogens is 2. The molecule has 7 N–H and O–H groups in total. The van der Waals surface area contributed by atoms with E-state index in [0.717, 1.165) is 18.1 Å². The third-order valence-corrected chi connectivity index (χ3v) is 6.43. The van der Waals surface area contributed by atoms with E-state index in [4.69, 9.17) is 34.7 Å². The van der Waals surface area contributed by atoms with E-state index in [-0.39, 0.29) is 31.9 Å². The predicted molar refractivity (Wildman–Crippen MR) is 157 cm³/mol. The number of imide groups is 1. The number of nitrogens with zero attached hydrogens (tertiary/aromatic N) is 2. The summed E-state index contributed by atoms with van der Waals surface area (Å²) in [5, 5.41) is 16.7. The van der Waals surface area contributed by atoms with Crippen LogP contribution >= 0.6 is 23.2 Å². The van der Waals surface area contributed by atoms with Crippen LogP contribution in [-0.2, 0) is 16.1 Å². The molecule has 0 fully saturated rings. The van der Waals surface area contributed by atoms with E-state index in [0.29, 0.717) is 26.2 Å². The zero-order chi connectivity index (χ0) is 29.3. The average molecular weight is 585 g/mol. The highest BCUT2D eigenvalue weighted by atomic mass is 35.5. The van der Waals surface area contributed by atoms with Crippen molar-refractivity contribution in [3.05, 3.63) is 88.4 Å². The van der Waals surface area contributed by atoms with Gasteiger partial charge in [0.2, 0.25) is 11.6 Å². The number of carboxylic acid groups (broad SMARTS) is 1. The molecule has 0 saturated heterocycles. The largest absolute Gasteiger partial charge is 0.478 e. The highest BCUT2D eigenvalue weighted by molar-refractivity contribution is 6.34. The van der Waals surface area contributed by atoms with Crippen LogP contribution in [0.5, 0.6) is 0 Å². The molecule has 0 aliphatic heterocycles. The van der Waals surface area contributed by atoms with E-state index in [1.54, 1.807) is 24.3 Å². The number of amides is 3. The third kappa shape index (κ3) is 7.95. The Labute approximate surface area is 242 Å². The average Bonchev–Trinajstić information content (AvgIpc) is 2.89. The van der Waals surface area contributed by atoms with Crippen molar-refractivity contribution in [2.45, 2.75) is 32.0 Å². The number of rotatable bonds is 11. The summed E-state index contributed by atoms with van der Waals surface area (Å²) in [7, 11) is 0. The lowest BCUT2D eigenvalue weighted by atomic mass is 10.00. The number of carboxylic acids is 1. The first-order valence-electron chi connectivity index (χ1n) is 12.3. The molecule has 12 heteroatoms. The van der Waals surface area contributed by atoms with Crippen molar-refractivity contribution in [3.63, 3.8) is 0 Å². The smallest absolute Gasteiger partial charge is 0.345 e. The quantitative estimate of drug-likeness (QED) is 0.0945. The zero-order valence-electron chi connectivity index (χ0n) is 21.7. The molecule has 40 heavy (non-hydrogen) atoms. The maximum atomic E-state index is 13.5. The molecule has 0 saturated carbocycles. The molecule has 3 amide bonds. The minimum Gasteiger partial charge on any atom is -0.478 e. The second kappa shape index (κ2) is 13.8. The fourth-order valence-corrected chi connectivity index (χ4v) is 4.77. The molecule has 3 aromatic carbocycles. The molecule has 0 bridgehead atoms. The summed E-state index contributed by atoms with van der Waals surface area (Å²) in [6.45, 7) is 1.12. The van der Waals surface area contributed by atoms with Crippen molar-refractivity contribution in [2.75, 3.05) is 11.9 Å². The third-order valence-electron chi connectivity index (χ3n) is 6.00. The van der Waals surface area contributed by atoms with Crippen LogP contribution in [0.15, 0.2) is 77.8 Å². The van der Waals surface area contributed by atoms with E-state index in [1.807, 2.05) is 42.5 Å². The summed E-state index contributed by atoms with van der Waals surface area (Å²) in [6.07, 6.45) is -0.0658. The monoisotopic (exact) mass is 584 g/mol. The van der Waals surface area contributed by atoms with E-state index >= 15 is 0 Å². The number of guanidine groups is 1. The number of anilines is 1. The summed E-state index contributed by atoms with van der Waals surface area (Å²) in [5.74, 6) is -2.41. The molecular weight excluding hydrogens is 555 g/mol. The number of nitrogens with two attached hydrogens (primary N) is 2. The van der Waals surface area contributed by atoms with Gasteiger partial charge in [-0.1, -0.05) is 65.7 Å². The lowest BCUT2D eigenvalue weighted by Crippen LogP contribution is -2.67. The van der Waals surface area contributed by atoms with Crippen molar-refractivity contribution in [2.24, 2.45) is 16.5 Å². The van der Waals surface area contributed by atoms with E-state index < -0.39 is 23.6 Å². The van der Waals surface area contributed by atoms with Gasteiger partial charge in [-0.3, -0.25) is 15.1 Å². The molecule has 3 rings (SSSR count). The van der Waals surface area contributed by atoms with E-state index in [1.165, 1.54) is 6.07 Å². The predicted octanol–water partition coefficient (Wildman–Crippen LogP) is 4.67. The molecule has 0 aliphatic carbocycles. The maximum Gasteiger partial charge on any atom is 0.345 e. The highest BCUT2D eigenvalue weighted by Crippen LogP contribution is 2.26. The Bertz CT molecular complexity index is 1360. The minimum absolute atomic E-state index is 0.0717. The van der Waals surface area contributed by atoms with Gasteiger partial charge in [-0.2, -0.15) is 0 Å². The number of carbonyl (C=O) groups excluding carboxylic acids is 2. The van der Waals surface area contributed by atoms with E-state index in [2.05, 4.69) is 15.6 Å². The Morgan fingerprint density at radius 1 is 0.950 bits per heavy atom. The van der Waals surface area contributed by atoms with Gasteiger partial charge in [0.15, 0.2) is 5.96 Å². The lowest BCUT2D eigenvalue weighted by Gasteiger charge is -2.39. The van der Waals surface area contributed by atoms with Crippen molar-refractivity contribution < 1.29 is 19.5 Å². The van der Waals surface area contributed by atoms with Gasteiger partial charge in [-0.15, -0.1) is 0 Å². The zero-order valence-corrected chi connectivity index (χ0v) is 23.2. The Hall–Kier alpha value is -4.12. The minimum atomic E-state index is -2.16. The molecule has 0 aliphatic rings. The molecule has 0 heterocycles. The number of nitrogens with one attached hydrogen (secondary N) is 2. The van der Waals surface area contributed by atoms with Gasteiger partial charge in [-0.25, -0.2) is 14.5 Å². The van der Waals surface area contributed by atoms with Crippen LogP contribution in [0.1, 0.15) is 25.3 Å². The number of carbonyl (C=O) groups is 3. The van der Waals surface area contributed by atoms with Crippen molar-refractivity contribution >= 4 is 52.8 Å². The topological polar surface area (TPSA) is 163 Å². The Kier molecular flexibility index (Phi) is 10.5. The van der Waals surface area contributed by atoms with Crippen molar-refractivity contribution in [1.29, 1.82) is 0 Å². The Morgan fingerprint density at radius 3 is 2.10 bits per heavy atom. The van der Waals surface area contributed by atoms with Crippen LogP contribution in [0, 0.1) is 0 Å². The van der Waals surface area contributed by atoms with Gasteiger partial charge in [0.25, 0.3) is 0 Å². The van der Waals surface area contributed by atoms with Gasteiger partial charge in [0, 0.05) is 35.7 Å². The van der Waals surface area contributed by atoms with Crippen LogP contribution in [0.3, 0.4) is 0 Å². The first-order valence-corrected chi connectivity index (χ1v) is 13.0. The second-order valence-electron chi connectivity index (χ2n) is 8.93. The van der Waals surface area contributed by atoms with Crippen molar-refractivity contribution in [1.82, 2.24) is 10.2 Å². The summed E-state index contributed by atoms with van der Waals surface area (Å²) < 4.78 is 0. The summed E-state index contributed by atoms with van der Waals surface area (Å²) >= 11 is 12.2. The summed E-state index contributed by atoms with van der Waals surface area (Å²) in [4.78, 5) is 43.8.